The van der Waals surface area contributed by atoms with Gasteiger partial charge in [0.05, 0.1) is 18.0 Å². The van der Waals surface area contributed by atoms with Gasteiger partial charge in [0.15, 0.2) is 0 Å². The van der Waals surface area contributed by atoms with Crippen molar-refractivity contribution in [1.82, 2.24) is 5.32 Å². The van der Waals surface area contributed by atoms with Gasteiger partial charge in [-0.1, -0.05) is 42.0 Å². The van der Waals surface area contributed by atoms with Crippen LogP contribution in [0.15, 0.2) is 48.5 Å². The number of aryl methyl sites for hydroxylation is 2. The number of nitrogens with one attached hydrogen (secondary N) is 1. The van der Waals surface area contributed by atoms with E-state index >= 15 is 0 Å². The minimum Gasteiger partial charge on any atom is -0.348 e. The molecule has 0 aliphatic rings. The number of anilines is 1. The Bertz CT molecular complexity index is 848. The predicted molar refractivity (Wildman–Crippen MR) is 101 cm³/mol. The number of amides is 1. The van der Waals surface area contributed by atoms with Crippen LogP contribution in [0, 0.1) is 13.8 Å². The maximum Gasteiger partial charge on any atom is 0.241 e. The molecule has 2 aromatic rings. The Morgan fingerprint density at radius 1 is 1.12 bits per heavy atom. The quantitative estimate of drug-likeness (QED) is 0.861. The molecular formula is C19H24N2O3S. The number of para-hydroxylation sites is 1. The third-order valence-corrected chi connectivity index (χ3v) is 5.14. The van der Waals surface area contributed by atoms with Gasteiger partial charge < -0.3 is 5.32 Å². The van der Waals surface area contributed by atoms with E-state index in [0.717, 1.165) is 27.3 Å². The SMILES string of the molecule is Cc1ccc([C@H](C)NC(=O)CN(c2ccccc2)S(C)(=O)=O)c(C)c1. The van der Waals surface area contributed by atoms with E-state index < -0.39 is 10.0 Å². The normalized spacial score (nSPS) is 12.5. The van der Waals surface area contributed by atoms with Crippen molar-refractivity contribution in [2.24, 2.45) is 0 Å². The first kappa shape index (κ1) is 19.0. The van der Waals surface area contributed by atoms with Crippen molar-refractivity contribution in [3.63, 3.8) is 0 Å². The number of rotatable bonds is 6. The molecule has 0 bridgehead atoms. The topological polar surface area (TPSA) is 66.5 Å². The molecule has 0 heterocycles. The van der Waals surface area contributed by atoms with Gasteiger partial charge >= 0.3 is 0 Å². The van der Waals surface area contributed by atoms with Crippen molar-refractivity contribution in [3.8, 4) is 0 Å². The van der Waals surface area contributed by atoms with Crippen molar-refractivity contribution >= 4 is 21.6 Å². The Morgan fingerprint density at radius 3 is 2.32 bits per heavy atom. The van der Waals surface area contributed by atoms with Crippen LogP contribution in [0.5, 0.6) is 0 Å². The monoisotopic (exact) mass is 360 g/mol. The molecule has 0 spiro atoms. The van der Waals surface area contributed by atoms with E-state index in [0.29, 0.717) is 5.69 Å². The Morgan fingerprint density at radius 2 is 1.76 bits per heavy atom. The summed E-state index contributed by atoms with van der Waals surface area (Å²) in [6.07, 6.45) is 1.10. The average Bonchev–Trinajstić information content (AvgIpc) is 2.52. The highest BCUT2D eigenvalue weighted by molar-refractivity contribution is 7.92. The third kappa shape index (κ3) is 5.06. The molecule has 0 aliphatic carbocycles. The highest BCUT2D eigenvalue weighted by Gasteiger charge is 2.22. The summed E-state index contributed by atoms with van der Waals surface area (Å²) in [5.41, 5.74) is 3.74. The standard InChI is InChI=1S/C19H24N2O3S/c1-14-10-11-18(15(2)12-14)16(3)20-19(22)13-21(25(4,23)24)17-8-6-5-7-9-17/h5-12,16H,13H2,1-4H3,(H,20,22)/t16-/m0/s1. The number of hydrogen-bond donors (Lipinski definition) is 1. The first-order valence-electron chi connectivity index (χ1n) is 8.08. The van der Waals surface area contributed by atoms with Gasteiger partial charge in [0.1, 0.15) is 6.54 Å². The molecule has 0 saturated carbocycles. The average molecular weight is 360 g/mol. The molecule has 6 heteroatoms. The Balaban J connectivity index is 2.14. The summed E-state index contributed by atoms with van der Waals surface area (Å²) in [6.45, 7) is 5.66. The summed E-state index contributed by atoms with van der Waals surface area (Å²) in [5, 5.41) is 2.88. The molecular weight excluding hydrogens is 336 g/mol. The molecule has 5 nitrogen and oxygen atoms in total. The molecule has 0 aromatic heterocycles. The van der Waals surface area contributed by atoms with Gasteiger partial charge in [-0.2, -0.15) is 0 Å². The smallest absolute Gasteiger partial charge is 0.241 e. The van der Waals surface area contributed by atoms with E-state index in [-0.39, 0.29) is 18.5 Å². The molecule has 1 amide bonds. The second-order valence-electron chi connectivity index (χ2n) is 6.25. The fourth-order valence-electron chi connectivity index (χ4n) is 2.80. The predicted octanol–water partition coefficient (Wildman–Crippen LogP) is 2.95. The highest BCUT2D eigenvalue weighted by Crippen LogP contribution is 2.20. The van der Waals surface area contributed by atoms with Crippen molar-refractivity contribution in [3.05, 3.63) is 65.2 Å². The summed E-state index contributed by atoms with van der Waals surface area (Å²) in [5.74, 6) is -0.346. The van der Waals surface area contributed by atoms with Gasteiger partial charge in [0.25, 0.3) is 0 Å². The van der Waals surface area contributed by atoms with Crippen molar-refractivity contribution < 1.29 is 13.2 Å². The number of carbonyl (C=O) groups is 1. The van der Waals surface area contributed by atoms with Gasteiger partial charge in [-0.15, -0.1) is 0 Å². The third-order valence-electron chi connectivity index (χ3n) is 4.00. The molecule has 1 atom stereocenters. The van der Waals surface area contributed by atoms with Crippen LogP contribution < -0.4 is 9.62 Å². The van der Waals surface area contributed by atoms with E-state index in [1.54, 1.807) is 30.3 Å². The van der Waals surface area contributed by atoms with Gasteiger partial charge in [0.2, 0.25) is 15.9 Å². The summed E-state index contributed by atoms with van der Waals surface area (Å²) in [4.78, 5) is 12.4. The zero-order chi connectivity index (χ0) is 18.6. The lowest BCUT2D eigenvalue weighted by Gasteiger charge is -2.23. The van der Waals surface area contributed by atoms with Crippen LogP contribution in [-0.2, 0) is 14.8 Å². The molecule has 0 saturated heterocycles. The number of benzene rings is 2. The van der Waals surface area contributed by atoms with E-state index in [9.17, 15) is 13.2 Å². The number of nitrogens with zero attached hydrogens (tertiary/aromatic N) is 1. The van der Waals surface area contributed by atoms with Crippen LogP contribution in [-0.4, -0.2) is 27.1 Å². The Kier molecular flexibility index (Phi) is 5.85. The highest BCUT2D eigenvalue weighted by atomic mass is 32.2. The molecule has 2 rings (SSSR count). The van der Waals surface area contributed by atoms with Gasteiger partial charge in [-0.3, -0.25) is 9.10 Å². The lowest BCUT2D eigenvalue weighted by molar-refractivity contribution is -0.120. The Hall–Kier alpha value is -2.34. The molecule has 0 radical (unpaired) electrons. The maximum absolute atomic E-state index is 12.4. The van der Waals surface area contributed by atoms with Crippen molar-refractivity contribution in [1.29, 1.82) is 0 Å². The summed E-state index contributed by atoms with van der Waals surface area (Å²) >= 11 is 0. The van der Waals surface area contributed by atoms with Gasteiger partial charge in [0, 0.05) is 0 Å². The van der Waals surface area contributed by atoms with E-state index in [4.69, 9.17) is 0 Å². The fraction of sp³-hybridized carbons (Fsp3) is 0.316. The second-order valence-corrected chi connectivity index (χ2v) is 8.16. The summed E-state index contributed by atoms with van der Waals surface area (Å²) in [7, 11) is -3.55. The zero-order valence-electron chi connectivity index (χ0n) is 15.0. The number of carbonyl (C=O) groups excluding carboxylic acids is 1. The van der Waals surface area contributed by atoms with Crippen molar-refractivity contribution in [2.75, 3.05) is 17.1 Å². The van der Waals surface area contributed by atoms with E-state index in [1.165, 1.54) is 0 Å². The second kappa shape index (κ2) is 7.70. The molecule has 0 aliphatic heterocycles. The molecule has 0 unspecified atom stereocenters. The zero-order valence-corrected chi connectivity index (χ0v) is 15.8. The van der Waals surface area contributed by atoms with E-state index in [1.807, 2.05) is 32.9 Å². The van der Waals surface area contributed by atoms with Crippen LogP contribution in [0.4, 0.5) is 5.69 Å². The van der Waals surface area contributed by atoms with Crippen LogP contribution >= 0.6 is 0 Å². The van der Waals surface area contributed by atoms with Crippen LogP contribution in [0.25, 0.3) is 0 Å². The van der Waals surface area contributed by atoms with Crippen LogP contribution in [0.3, 0.4) is 0 Å². The molecule has 25 heavy (non-hydrogen) atoms. The van der Waals surface area contributed by atoms with Gasteiger partial charge in [-0.25, -0.2) is 8.42 Å². The summed E-state index contributed by atoms with van der Waals surface area (Å²) < 4.78 is 25.2. The fourth-order valence-corrected chi connectivity index (χ4v) is 3.66. The lowest BCUT2D eigenvalue weighted by Crippen LogP contribution is -2.41. The van der Waals surface area contributed by atoms with E-state index in [2.05, 4.69) is 11.4 Å². The Labute approximate surface area is 149 Å². The molecule has 2 aromatic carbocycles. The van der Waals surface area contributed by atoms with Crippen LogP contribution in [0.1, 0.15) is 29.7 Å². The minimum absolute atomic E-state index is 0.203. The maximum atomic E-state index is 12.4. The number of hydrogen-bond acceptors (Lipinski definition) is 3. The molecule has 134 valence electrons. The first-order valence-corrected chi connectivity index (χ1v) is 9.92. The first-order chi connectivity index (χ1) is 11.7. The van der Waals surface area contributed by atoms with Gasteiger partial charge in [-0.05, 0) is 44.0 Å². The molecule has 1 N–H and O–H groups in total. The van der Waals surface area contributed by atoms with Crippen LogP contribution in [0.2, 0.25) is 0 Å². The minimum atomic E-state index is -3.55. The lowest BCUT2D eigenvalue weighted by atomic mass is 10.0. The largest absolute Gasteiger partial charge is 0.348 e. The number of sulfonamides is 1. The summed E-state index contributed by atoms with van der Waals surface area (Å²) in [6, 6.07) is 14.5. The molecule has 0 fully saturated rings. The van der Waals surface area contributed by atoms with Crippen molar-refractivity contribution in [2.45, 2.75) is 26.8 Å².